The van der Waals surface area contributed by atoms with Crippen LogP contribution in [-0.2, 0) is 19.1 Å². The van der Waals surface area contributed by atoms with Gasteiger partial charge in [-0.3, -0.25) is 14.4 Å². The summed E-state index contributed by atoms with van der Waals surface area (Å²) in [6.07, 6.45) is 0.642. The number of Topliss-reactive ketones (excluding diaryl/α,β-unsaturated/α-hetero) is 3. The molecule has 108 valence electrons. The van der Waals surface area contributed by atoms with Crippen molar-refractivity contribution in [3.8, 4) is 0 Å². The van der Waals surface area contributed by atoms with Crippen molar-refractivity contribution in [2.75, 3.05) is 0 Å². The summed E-state index contributed by atoms with van der Waals surface area (Å²) in [5.74, 6) is -1.95. The molecular weight excluding hydrogens is 260 g/mol. The molecule has 0 fully saturated rings. The van der Waals surface area contributed by atoms with Gasteiger partial charge in [-0.25, -0.2) is 0 Å². The first-order valence-corrected chi connectivity index (χ1v) is 6.58. The molecule has 20 heavy (non-hydrogen) atoms. The number of ketones is 3. The van der Waals surface area contributed by atoms with Crippen molar-refractivity contribution < 1.29 is 24.2 Å². The molecule has 2 aliphatic rings. The molecule has 0 saturated heterocycles. The fourth-order valence-electron chi connectivity index (χ4n) is 2.84. The van der Waals surface area contributed by atoms with E-state index in [0.717, 1.165) is 0 Å². The minimum atomic E-state index is -2.28. The number of aliphatic hydroxyl groups is 1. The van der Waals surface area contributed by atoms with Gasteiger partial charge in [-0.15, -0.1) is 0 Å². The maximum atomic E-state index is 12.4. The van der Waals surface area contributed by atoms with Crippen molar-refractivity contribution in [3.05, 3.63) is 23.0 Å². The van der Waals surface area contributed by atoms with E-state index in [1.165, 1.54) is 13.2 Å². The fraction of sp³-hybridized carbons (Fsp3) is 0.533. The number of ether oxygens (including phenoxy) is 1. The van der Waals surface area contributed by atoms with Gasteiger partial charge in [0.1, 0.15) is 11.9 Å². The highest BCUT2D eigenvalue weighted by atomic mass is 16.5. The number of hydrogen-bond acceptors (Lipinski definition) is 5. The molecule has 0 unspecified atom stereocenters. The Morgan fingerprint density at radius 1 is 1.35 bits per heavy atom. The molecular formula is C15H18O5. The summed E-state index contributed by atoms with van der Waals surface area (Å²) in [5, 5.41) is 10.4. The Kier molecular flexibility index (Phi) is 3.42. The molecule has 1 N–H and O–H groups in total. The zero-order valence-electron chi connectivity index (χ0n) is 12.0. The SMILES string of the molecule is CC(=O)C[C@]1(O)C(=O)C2=CO[C@H](C)[C@@H](C)C2=C(C)C1=O. The van der Waals surface area contributed by atoms with Gasteiger partial charge in [0.25, 0.3) is 0 Å². The maximum absolute atomic E-state index is 12.4. The lowest BCUT2D eigenvalue weighted by Gasteiger charge is -2.38. The van der Waals surface area contributed by atoms with Crippen molar-refractivity contribution >= 4 is 17.3 Å². The normalized spacial score (nSPS) is 33.5. The van der Waals surface area contributed by atoms with E-state index in [1.54, 1.807) is 6.92 Å². The molecule has 1 aliphatic heterocycles. The lowest BCUT2D eigenvalue weighted by atomic mass is 9.69. The molecule has 0 spiro atoms. The maximum Gasteiger partial charge on any atom is 0.206 e. The predicted molar refractivity (Wildman–Crippen MR) is 70.8 cm³/mol. The van der Waals surface area contributed by atoms with Gasteiger partial charge in [0.15, 0.2) is 11.4 Å². The Balaban J connectivity index is 2.60. The summed E-state index contributed by atoms with van der Waals surface area (Å²) in [5.41, 5.74) is -1.12. The van der Waals surface area contributed by atoms with Gasteiger partial charge in [0, 0.05) is 17.9 Å². The quantitative estimate of drug-likeness (QED) is 0.765. The molecule has 3 atom stereocenters. The molecule has 1 aliphatic carbocycles. The molecule has 2 rings (SSSR count). The van der Waals surface area contributed by atoms with E-state index in [0.29, 0.717) is 11.1 Å². The van der Waals surface area contributed by atoms with Crippen LogP contribution in [0.4, 0.5) is 0 Å². The highest BCUT2D eigenvalue weighted by Crippen LogP contribution is 2.40. The topological polar surface area (TPSA) is 80.7 Å². The van der Waals surface area contributed by atoms with E-state index < -0.39 is 29.4 Å². The lowest BCUT2D eigenvalue weighted by Crippen LogP contribution is -2.53. The second-order valence-corrected chi connectivity index (χ2v) is 5.60. The highest BCUT2D eigenvalue weighted by molar-refractivity contribution is 6.28. The van der Waals surface area contributed by atoms with Gasteiger partial charge in [0.2, 0.25) is 5.78 Å². The van der Waals surface area contributed by atoms with Crippen LogP contribution in [-0.4, -0.2) is 34.2 Å². The van der Waals surface area contributed by atoms with Crippen molar-refractivity contribution in [3.63, 3.8) is 0 Å². The molecule has 0 saturated carbocycles. The van der Waals surface area contributed by atoms with Gasteiger partial charge in [-0.2, -0.15) is 0 Å². The molecule has 0 bridgehead atoms. The van der Waals surface area contributed by atoms with Crippen LogP contribution in [0.1, 0.15) is 34.1 Å². The number of carbonyl (C=O) groups excluding carboxylic acids is 3. The van der Waals surface area contributed by atoms with Crippen LogP contribution >= 0.6 is 0 Å². The summed E-state index contributed by atoms with van der Waals surface area (Å²) >= 11 is 0. The van der Waals surface area contributed by atoms with Crippen molar-refractivity contribution in [1.82, 2.24) is 0 Å². The van der Waals surface area contributed by atoms with E-state index >= 15 is 0 Å². The summed E-state index contributed by atoms with van der Waals surface area (Å²) in [4.78, 5) is 36.0. The number of rotatable bonds is 2. The Labute approximate surface area is 117 Å². The minimum Gasteiger partial charge on any atom is -0.497 e. The number of carbonyl (C=O) groups is 3. The average molecular weight is 278 g/mol. The monoisotopic (exact) mass is 278 g/mol. The second kappa shape index (κ2) is 4.66. The van der Waals surface area contributed by atoms with Gasteiger partial charge in [0.05, 0.1) is 11.8 Å². The van der Waals surface area contributed by atoms with E-state index in [9.17, 15) is 19.5 Å². The smallest absolute Gasteiger partial charge is 0.206 e. The second-order valence-electron chi connectivity index (χ2n) is 5.60. The van der Waals surface area contributed by atoms with Gasteiger partial charge >= 0.3 is 0 Å². The van der Waals surface area contributed by atoms with E-state index in [1.807, 2.05) is 13.8 Å². The largest absolute Gasteiger partial charge is 0.497 e. The van der Waals surface area contributed by atoms with Crippen molar-refractivity contribution in [2.24, 2.45) is 5.92 Å². The Hall–Kier alpha value is -1.75. The summed E-state index contributed by atoms with van der Waals surface area (Å²) in [6, 6.07) is 0. The van der Waals surface area contributed by atoms with Crippen LogP contribution in [0, 0.1) is 5.92 Å². The minimum absolute atomic E-state index is 0.121. The molecule has 0 radical (unpaired) electrons. The van der Waals surface area contributed by atoms with Gasteiger partial charge in [-0.1, -0.05) is 6.92 Å². The van der Waals surface area contributed by atoms with Crippen LogP contribution in [0.25, 0.3) is 0 Å². The Morgan fingerprint density at radius 3 is 2.50 bits per heavy atom. The van der Waals surface area contributed by atoms with E-state index in [4.69, 9.17) is 4.74 Å². The zero-order valence-corrected chi connectivity index (χ0v) is 12.0. The third kappa shape index (κ3) is 1.93. The average Bonchev–Trinajstić information content (AvgIpc) is 2.37. The van der Waals surface area contributed by atoms with Crippen LogP contribution in [0.3, 0.4) is 0 Å². The zero-order chi connectivity index (χ0) is 15.2. The van der Waals surface area contributed by atoms with Crippen LogP contribution in [0.5, 0.6) is 0 Å². The molecule has 0 aromatic carbocycles. The van der Waals surface area contributed by atoms with Gasteiger partial charge < -0.3 is 9.84 Å². The molecule has 1 heterocycles. The fourth-order valence-corrected chi connectivity index (χ4v) is 2.84. The Bertz CT molecular complexity index is 547. The molecule has 5 heteroatoms. The van der Waals surface area contributed by atoms with E-state index in [-0.39, 0.29) is 17.6 Å². The molecule has 0 aromatic heterocycles. The summed E-state index contributed by atoms with van der Waals surface area (Å²) in [6.45, 7) is 6.54. The first-order chi connectivity index (χ1) is 9.20. The molecule has 0 aromatic rings. The van der Waals surface area contributed by atoms with Crippen LogP contribution in [0.15, 0.2) is 23.0 Å². The Morgan fingerprint density at radius 2 is 1.95 bits per heavy atom. The van der Waals surface area contributed by atoms with Crippen LogP contribution < -0.4 is 0 Å². The first-order valence-electron chi connectivity index (χ1n) is 6.58. The molecule has 5 nitrogen and oxygen atoms in total. The molecule has 0 amide bonds. The number of hydrogen-bond donors (Lipinski definition) is 1. The third-order valence-corrected chi connectivity index (χ3v) is 4.10. The predicted octanol–water partition coefficient (Wildman–Crippen LogP) is 1.10. The summed E-state index contributed by atoms with van der Waals surface area (Å²) in [7, 11) is 0. The van der Waals surface area contributed by atoms with Crippen molar-refractivity contribution in [2.45, 2.75) is 45.8 Å². The van der Waals surface area contributed by atoms with E-state index in [2.05, 4.69) is 0 Å². The standard InChI is InChI=1S/C15H18O5/c1-7(16)5-15(19)13(17)9(3)12-8(2)10(4)20-6-11(12)14(15)18/h6,8,10,19H,5H2,1-4H3/t8-,10-,15-/m1/s1. The van der Waals surface area contributed by atoms with Gasteiger partial charge in [-0.05, 0) is 26.3 Å². The number of fused-ring (bicyclic) bond motifs is 1. The first kappa shape index (κ1) is 14.7. The third-order valence-electron chi connectivity index (χ3n) is 4.10. The highest BCUT2D eigenvalue weighted by Gasteiger charge is 2.52. The summed E-state index contributed by atoms with van der Waals surface area (Å²) < 4.78 is 5.39. The van der Waals surface area contributed by atoms with Crippen LogP contribution in [0.2, 0.25) is 0 Å². The van der Waals surface area contributed by atoms with Crippen molar-refractivity contribution in [1.29, 1.82) is 0 Å². The lowest BCUT2D eigenvalue weighted by molar-refractivity contribution is -0.151.